The number of fused-ring (bicyclic) bond motifs is 2. The Balaban J connectivity index is 0.000000332. The molecule has 5 rings (SSSR count). The van der Waals surface area contributed by atoms with Crippen molar-refractivity contribution in [2.45, 2.75) is 19.8 Å². The average Bonchev–Trinajstić information content (AvgIpc) is 3.41. The third kappa shape index (κ3) is 5.95. The van der Waals surface area contributed by atoms with Crippen LogP contribution in [0.25, 0.3) is 27.4 Å². The smallest absolute Gasteiger partial charge is 1.00 e. The Morgan fingerprint density at radius 3 is 2.17 bits per heavy atom. The largest absolute Gasteiger partial charge is 4.00 e. The van der Waals surface area contributed by atoms with Crippen LogP contribution < -0.4 is 24.8 Å². The molecule has 0 saturated heterocycles. The number of nitrogens with zero attached hydrogens (tertiary/aromatic N) is 1. The van der Waals surface area contributed by atoms with Crippen LogP contribution in [0.4, 0.5) is 0 Å². The van der Waals surface area contributed by atoms with E-state index in [1.165, 1.54) is 45.8 Å². The molecule has 0 radical (unpaired) electrons. The number of para-hydroxylation sites is 1. The first kappa shape index (κ1) is 25.4. The number of aryl methyl sites for hydroxylation is 1. The molecule has 0 aliphatic rings. The van der Waals surface area contributed by atoms with Gasteiger partial charge in [0.15, 0.2) is 0 Å². The quantitative estimate of drug-likeness (QED) is 0.325. The van der Waals surface area contributed by atoms with Crippen LogP contribution in [0.5, 0.6) is 0 Å². The molecule has 1 heterocycles. The number of hydrogen-bond donors (Lipinski definition) is 0. The maximum absolute atomic E-state index is 2.25. The average molecular weight is 500 g/mol. The van der Waals surface area contributed by atoms with Crippen molar-refractivity contribution in [1.82, 2.24) is 4.57 Å². The monoisotopic (exact) mass is 497 g/mol. The second-order valence-corrected chi connectivity index (χ2v) is 6.63. The van der Waals surface area contributed by atoms with Gasteiger partial charge < -0.3 is 29.4 Å². The fourth-order valence-corrected chi connectivity index (χ4v) is 3.45. The summed E-state index contributed by atoms with van der Waals surface area (Å²) < 4.78 is 2.25. The van der Waals surface area contributed by atoms with Gasteiger partial charge in [0.25, 0.3) is 0 Å². The first-order valence-corrected chi connectivity index (χ1v) is 9.27. The molecule has 5 aromatic rings. The SMILES string of the molecule is CCC[c-]1cccc1.[Cl-].[Cl-].[Zr+4].c1ccc2[cH-]c(-n3ccc4ccccc43)cc2c1. The molecule has 0 fully saturated rings. The van der Waals surface area contributed by atoms with E-state index in [0.29, 0.717) is 0 Å². The van der Waals surface area contributed by atoms with Crippen LogP contribution in [0.15, 0.2) is 97.2 Å². The summed E-state index contributed by atoms with van der Waals surface area (Å²) in [5, 5.41) is 3.87. The van der Waals surface area contributed by atoms with Gasteiger partial charge in [-0.15, -0.1) is 41.1 Å². The number of benzene rings is 2. The van der Waals surface area contributed by atoms with Crippen molar-refractivity contribution < 1.29 is 51.0 Å². The van der Waals surface area contributed by atoms with Gasteiger partial charge in [-0.1, -0.05) is 44.0 Å². The summed E-state index contributed by atoms with van der Waals surface area (Å²) in [6.45, 7) is 2.20. The maximum atomic E-state index is 2.25. The van der Waals surface area contributed by atoms with E-state index >= 15 is 0 Å². The maximum Gasteiger partial charge on any atom is 4.00 e. The Morgan fingerprint density at radius 2 is 1.48 bits per heavy atom. The molecule has 146 valence electrons. The van der Waals surface area contributed by atoms with Gasteiger partial charge in [-0.05, 0) is 23.2 Å². The minimum absolute atomic E-state index is 0. The summed E-state index contributed by atoms with van der Waals surface area (Å²) in [5.41, 5.74) is 3.96. The number of halogens is 2. The number of rotatable bonds is 3. The summed E-state index contributed by atoms with van der Waals surface area (Å²) in [7, 11) is 0. The molecular formula is C25H23Cl2NZr. The van der Waals surface area contributed by atoms with E-state index in [1.807, 2.05) is 0 Å². The van der Waals surface area contributed by atoms with Crippen molar-refractivity contribution >= 4 is 21.7 Å². The van der Waals surface area contributed by atoms with Gasteiger partial charge in [-0.2, -0.15) is 17.7 Å². The van der Waals surface area contributed by atoms with E-state index in [2.05, 4.69) is 109 Å². The topological polar surface area (TPSA) is 4.93 Å². The predicted molar refractivity (Wildman–Crippen MR) is 112 cm³/mol. The molecule has 0 atom stereocenters. The van der Waals surface area contributed by atoms with Gasteiger partial charge in [0, 0.05) is 6.20 Å². The first-order valence-electron chi connectivity index (χ1n) is 9.27. The van der Waals surface area contributed by atoms with Gasteiger partial charge in [0.1, 0.15) is 0 Å². The summed E-state index contributed by atoms with van der Waals surface area (Å²) in [5.74, 6) is 0. The van der Waals surface area contributed by atoms with Crippen LogP contribution >= 0.6 is 0 Å². The molecule has 4 aromatic carbocycles. The summed E-state index contributed by atoms with van der Waals surface area (Å²) in [4.78, 5) is 0. The Labute approximate surface area is 204 Å². The first-order chi connectivity index (χ1) is 12.8. The van der Waals surface area contributed by atoms with Crippen LogP contribution in [-0.2, 0) is 32.6 Å². The number of aromatic nitrogens is 1. The molecule has 0 aliphatic carbocycles. The summed E-state index contributed by atoms with van der Waals surface area (Å²) in [6, 6.07) is 32.1. The second-order valence-electron chi connectivity index (χ2n) is 6.63. The third-order valence-electron chi connectivity index (χ3n) is 4.75. The van der Waals surface area contributed by atoms with Gasteiger partial charge >= 0.3 is 26.2 Å². The molecule has 0 aliphatic heterocycles. The van der Waals surface area contributed by atoms with E-state index in [0.717, 1.165) is 0 Å². The van der Waals surface area contributed by atoms with Crippen LogP contribution in [0.3, 0.4) is 0 Å². The molecule has 0 amide bonds. The van der Waals surface area contributed by atoms with Crippen LogP contribution in [-0.4, -0.2) is 4.57 Å². The zero-order valence-electron chi connectivity index (χ0n) is 16.4. The van der Waals surface area contributed by atoms with Crippen molar-refractivity contribution in [2.75, 3.05) is 0 Å². The summed E-state index contributed by atoms with van der Waals surface area (Å²) in [6.07, 6.45) is 4.62. The molecule has 29 heavy (non-hydrogen) atoms. The normalized spacial score (nSPS) is 9.69. The Hall–Kier alpha value is -1.60. The van der Waals surface area contributed by atoms with E-state index in [4.69, 9.17) is 0 Å². The standard InChI is InChI=1S/C17H12N.C8H11.2ClH.Zr/c1-2-7-15-12-16(11-14(15)6-1)18-10-9-13-5-3-4-8-17(13)18;1-2-5-8-6-3-4-7-8;;;/h1-12H;3-4,6-7H,2,5H2,1H3;2*1H;/q2*-1;;;+4/p-2. The Morgan fingerprint density at radius 1 is 0.828 bits per heavy atom. The van der Waals surface area contributed by atoms with Crippen molar-refractivity contribution in [1.29, 1.82) is 0 Å². The van der Waals surface area contributed by atoms with E-state index < -0.39 is 0 Å². The van der Waals surface area contributed by atoms with Crippen LogP contribution in [0.1, 0.15) is 18.9 Å². The van der Waals surface area contributed by atoms with Crippen molar-refractivity contribution in [3.63, 3.8) is 0 Å². The minimum atomic E-state index is 0. The van der Waals surface area contributed by atoms with Crippen LogP contribution in [0.2, 0.25) is 0 Å². The molecule has 0 saturated carbocycles. The van der Waals surface area contributed by atoms with E-state index in [1.54, 1.807) is 0 Å². The Bertz CT molecular complexity index is 1070. The van der Waals surface area contributed by atoms with Crippen molar-refractivity contribution in [2.24, 2.45) is 0 Å². The van der Waals surface area contributed by atoms with Crippen LogP contribution in [0, 0.1) is 0 Å². The summed E-state index contributed by atoms with van der Waals surface area (Å²) >= 11 is 0. The van der Waals surface area contributed by atoms with Gasteiger partial charge in [-0.25, -0.2) is 12.1 Å². The van der Waals surface area contributed by atoms with Gasteiger partial charge in [-0.3, -0.25) is 0 Å². The molecule has 0 unspecified atom stereocenters. The van der Waals surface area contributed by atoms with Gasteiger partial charge in [0.05, 0.1) is 5.52 Å². The fraction of sp³-hybridized carbons (Fsp3) is 0.120. The fourth-order valence-electron chi connectivity index (χ4n) is 3.45. The zero-order chi connectivity index (χ0) is 17.8. The molecule has 1 aromatic heterocycles. The van der Waals surface area contributed by atoms with Crippen molar-refractivity contribution in [3.05, 3.63) is 103 Å². The molecular weight excluding hydrogens is 476 g/mol. The van der Waals surface area contributed by atoms with E-state index in [-0.39, 0.29) is 51.0 Å². The molecule has 0 N–H and O–H groups in total. The molecule has 0 bridgehead atoms. The minimum Gasteiger partial charge on any atom is -1.00 e. The number of hydrogen-bond acceptors (Lipinski definition) is 0. The molecule has 0 spiro atoms. The second kappa shape index (κ2) is 12.2. The molecule has 4 heteroatoms. The molecule has 1 nitrogen and oxygen atoms in total. The van der Waals surface area contributed by atoms with Crippen molar-refractivity contribution in [3.8, 4) is 5.69 Å². The zero-order valence-corrected chi connectivity index (χ0v) is 20.3. The van der Waals surface area contributed by atoms with Gasteiger partial charge in [0.2, 0.25) is 0 Å². The Kier molecular flexibility index (Phi) is 10.7. The van der Waals surface area contributed by atoms with E-state index in [9.17, 15) is 0 Å². The predicted octanol–water partition coefficient (Wildman–Crippen LogP) is 0.866. The third-order valence-corrected chi connectivity index (χ3v) is 4.75.